The number of furan rings is 1. The van der Waals surface area contributed by atoms with Gasteiger partial charge in [-0.1, -0.05) is 6.07 Å². The summed E-state index contributed by atoms with van der Waals surface area (Å²) in [5.74, 6) is 0.766. The summed E-state index contributed by atoms with van der Waals surface area (Å²) < 4.78 is 31.6. The second kappa shape index (κ2) is 6.04. The maximum Gasteiger partial charge on any atom is 0.183 e. The van der Waals surface area contributed by atoms with Crippen LogP contribution < -0.4 is 0 Å². The van der Waals surface area contributed by atoms with Crippen molar-refractivity contribution in [3.05, 3.63) is 71.7 Å². The van der Waals surface area contributed by atoms with E-state index < -0.39 is 9.84 Å². The summed E-state index contributed by atoms with van der Waals surface area (Å²) in [6.07, 6.45) is 1.63. The van der Waals surface area contributed by atoms with E-state index in [1.807, 2.05) is 49.4 Å². The van der Waals surface area contributed by atoms with Crippen LogP contribution >= 0.6 is 0 Å². The van der Waals surface area contributed by atoms with E-state index in [1.54, 1.807) is 12.3 Å². The van der Waals surface area contributed by atoms with Gasteiger partial charge in [-0.3, -0.25) is 9.88 Å². The summed E-state index contributed by atoms with van der Waals surface area (Å²) >= 11 is 0. The van der Waals surface area contributed by atoms with Crippen LogP contribution in [0.4, 0.5) is 0 Å². The molecule has 2 aliphatic heterocycles. The molecule has 3 aromatic rings. The van der Waals surface area contributed by atoms with Crippen LogP contribution in [0.3, 0.4) is 0 Å². The summed E-state index contributed by atoms with van der Waals surface area (Å²) in [5, 5.41) is -0.371. The fourth-order valence-electron chi connectivity index (χ4n) is 4.37. The first-order valence-corrected chi connectivity index (χ1v) is 10.6. The Labute approximate surface area is 158 Å². The van der Waals surface area contributed by atoms with Crippen molar-refractivity contribution in [2.24, 2.45) is 0 Å². The van der Waals surface area contributed by atoms with Crippen molar-refractivity contribution in [1.29, 1.82) is 0 Å². The molecule has 2 aliphatic rings. The molecule has 0 aliphatic carbocycles. The summed E-state index contributed by atoms with van der Waals surface area (Å²) in [6.45, 7) is 3.93. The quantitative estimate of drug-likeness (QED) is 0.697. The van der Waals surface area contributed by atoms with Crippen molar-refractivity contribution in [2.45, 2.75) is 29.5 Å². The van der Waals surface area contributed by atoms with Gasteiger partial charge in [0.25, 0.3) is 0 Å². The molecular weight excluding hydrogens is 360 g/mol. The van der Waals surface area contributed by atoms with E-state index in [4.69, 9.17) is 4.42 Å². The first kappa shape index (κ1) is 16.7. The Morgan fingerprint density at radius 2 is 2.04 bits per heavy atom. The Kier molecular flexibility index (Phi) is 3.74. The molecule has 5 nitrogen and oxygen atoms in total. The molecule has 0 saturated carbocycles. The van der Waals surface area contributed by atoms with E-state index in [-0.39, 0.29) is 11.2 Å². The third kappa shape index (κ3) is 2.71. The van der Waals surface area contributed by atoms with E-state index >= 15 is 0 Å². The highest BCUT2D eigenvalue weighted by atomic mass is 32.2. The number of rotatable bonds is 3. The molecule has 0 radical (unpaired) electrons. The Bertz CT molecular complexity index is 1110. The lowest BCUT2D eigenvalue weighted by atomic mass is 9.96. The van der Waals surface area contributed by atoms with E-state index in [9.17, 15) is 8.42 Å². The summed E-state index contributed by atoms with van der Waals surface area (Å²) in [6, 6.07) is 15.3. The molecule has 0 unspecified atom stereocenters. The van der Waals surface area contributed by atoms with Gasteiger partial charge in [0.2, 0.25) is 0 Å². The zero-order valence-corrected chi connectivity index (χ0v) is 15.8. The Morgan fingerprint density at radius 1 is 1.15 bits per heavy atom. The fraction of sp³-hybridized carbons (Fsp3) is 0.286. The highest BCUT2D eigenvalue weighted by Gasteiger charge is 2.50. The Morgan fingerprint density at radius 3 is 2.81 bits per heavy atom. The number of nitrogens with zero attached hydrogens (tertiary/aromatic N) is 2. The first-order valence-electron chi connectivity index (χ1n) is 9.09. The minimum absolute atomic E-state index is 0.00437. The van der Waals surface area contributed by atoms with Crippen LogP contribution in [0.2, 0.25) is 0 Å². The molecule has 5 rings (SSSR count). The van der Waals surface area contributed by atoms with Gasteiger partial charge in [0.15, 0.2) is 9.84 Å². The van der Waals surface area contributed by atoms with Crippen LogP contribution in [0.5, 0.6) is 0 Å². The zero-order valence-electron chi connectivity index (χ0n) is 15.0. The van der Waals surface area contributed by atoms with Gasteiger partial charge in [0.05, 0.1) is 22.1 Å². The average molecular weight is 380 g/mol. The second-order valence-corrected chi connectivity index (χ2v) is 9.52. The van der Waals surface area contributed by atoms with Gasteiger partial charge >= 0.3 is 0 Å². The summed E-state index contributed by atoms with van der Waals surface area (Å²) in [5.41, 5.74) is 3.81. The molecule has 138 valence electrons. The van der Waals surface area contributed by atoms with Crippen LogP contribution in [-0.4, -0.2) is 36.6 Å². The summed E-state index contributed by atoms with van der Waals surface area (Å²) in [4.78, 5) is 7.25. The van der Waals surface area contributed by atoms with E-state index in [1.165, 1.54) is 0 Å². The lowest BCUT2D eigenvalue weighted by Crippen LogP contribution is -2.26. The molecule has 0 spiro atoms. The number of fused-ring (bicyclic) bond motifs is 3. The number of hydrogen-bond donors (Lipinski definition) is 0. The molecule has 1 saturated heterocycles. The Balaban J connectivity index is 1.47. The van der Waals surface area contributed by atoms with Gasteiger partial charge < -0.3 is 4.42 Å². The molecule has 27 heavy (non-hydrogen) atoms. The van der Waals surface area contributed by atoms with Crippen molar-refractivity contribution in [3.8, 4) is 11.3 Å². The number of pyridine rings is 1. The SMILES string of the molecule is Cc1cccc(CN2C[C@H]3c4cc(-c5ccco5)ccc4S(=O)(=O)[C@H]3C2)n1. The lowest BCUT2D eigenvalue weighted by Gasteiger charge is -2.17. The molecule has 1 fully saturated rings. The fourth-order valence-corrected chi connectivity index (χ4v) is 6.56. The monoisotopic (exact) mass is 380 g/mol. The van der Waals surface area contributed by atoms with Gasteiger partial charge in [0, 0.05) is 36.8 Å². The average Bonchev–Trinajstić information content (AvgIpc) is 3.34. The Hall–Kier alpha value is -2.44. The van der Waals surface area contributed by atoms with Gasteiger partial charge in [-0.15, -0.1) is 0 Å². The zero-order chi connectivity index (χ0) is 18.6. The highest BCUT2D eigenvalue weighted by Crippen LogP contribution is 2.46. The molecule has 0 N–H and O–H groups in total. The second-order valence-electron chi connectivity index (χ2n) is 7.38. The molecule has 0 bridgehead atoms. The van der Waals surface area contributed by atoms with E-state index in [0.717, 1.165) is 34.8 Å². The third-order valence-electron chi connectivity index (χ3n) is 5.59. The molecule has 6 heteroatoms. The van der Waals surface area contributed by atoms with E-state index in [0.29, 0.717) is 18.0 Å². The molecule has 4 heterocycles. The number of aryl methyl sites for hydroxylation is 1. The van der Waals surface area contributed by atoms with E-state index in [2.05, 4.69) is 9.88 Å². The number of likely N-dealkylation sites (tertiary alicyclic amines) is 1. The largest absolute Gasteiger partial charge is 0.464 e. The number of hydrogen-bond acceptors (Lipinski definition) is 5. The van der Waals surface area contributed by atoms with Crippen LogP contribution in [0, 0.1) is 6.92 Å². The predicted molar refractivity (Wildman–Crippen MR) is 102 cm³/mol. The van der Waals surface area contributed by atoms with Gasteiger partial charge in [0.1, 0.15) is 5.76 Å². The molecule has 2 atom stereocenters. The van der Waals surface area contributed by atoms with Crippen LogP contribution in [0.1, 0.15) is 22.9 Å². The van der Waals surface area contributed by atoms with Gasteiger partial charge in [-0.2, -0.15) is 0 Å². The lowest BCUT2D eigenvalue weighted by molar-refractivity contribution is 0.321. The van der Waals surface area contributed by atoms with Crippen LogP contribution in [0.15, 0.2) is 64.1 Å². The maximum atomic E-state index is 13.0. The van der Waals surface area contributed by atoms with Crippen molar-refractivity contribution < 1.29 is 12.8 Å². The van der Waals surface area contributed by atoms with Crippen molar-refractivity contribution >= 4 is 9.84 Å². The van der Waals surface area contributed by atoms with Gasteiger partial charge in [-0.05, 0) is 55.0 Å². The topological polar surface area (TPSA) is 63.4 Å². The molecule has 1 aromatic carbocycles. The van der Waals surface area contributed by atoms with Gasteiger partial charge in [-0.25, -0.2) is 8.42 Å². The highest BCUT2D eigenvalue weighted by molar-refractivity contribution is 7.92. The van der Waals surface area contributed by atoms with Crippen molar-refractivity contribution in [3.63, 3.8) is 0 Å². The number of sulfone groups is 1. The predicted octanol–water partition coefficient (Wildman–Crippen LogP) is 3.41. The first-order chi connectivity index (χ1) is 13.0. The normalized spacial score (nSPS) is 23.3. The van der Waals surface area contributed by atoms with Crippen LogP contribution in [-0.2, 0) is 16.4 Å². The molecule has 0 amide bonds. The minimum Gasteiger partial charge on any atom is -0.464 e. The van der Waals surface area contributed by atoms with Crippen molar-refractivity contribution in [1.82, 2.24) is 9.88 Å². The van der Waals surface area contributed by atoms with Crippen molar-refractivity contribution in [2.75, 3.05) is 13.1 Å². The van der Waals surface area contributed by atoms with Crippen LogP contribution in [0.25, 0.3) is 11.3 Å². The number of benzene rings is 1. The minimum atomic E-state index is -3.29. The maximum absolute atomic E-state index is 13.0. The molecular formula is C21H20N2O3S. The number of aromatic nitrogens is 1. The standard InChI is InChI=1S/C21H20N2O3S/c1-14-4-2-5-16(22-14)11-23-12-18-17-10-15(19-6-3-9-26-19)7-8-20(17)27(24,25)21(18)13-23/h2-10,18,21H,11-13H2,1H3/t18-,21-/m0/s1. The molecule has 2 aromatic heterocycles. The smallest absolute Gasteiger partial charge is 0.183 e. The summed E-state index contributed by atoms with van der Waals surface area (Å²) in [7, 11) is -3.29. The third-order valence-corrected chi connectivity index (χ3v) is 7.85.